The zero-order valence-corrected chi connectivity index (χ0v) is 20.8. The van der Waals surface area contributed by atoms with Gasteiger partial charge in [0, 0.05) is 26.7 Å². The molecule has 2 fully saturated rings. The van der Waals surface area contributed by atoms with Crippen LogP contribution in [0, 0.1) is 11.3 Å². The summed E-state index contributed by atoms with van der Waals surface area (Å²) in [4.78, 5) is 52.3. The maximum Gasteiger partial charge on any atom is 0.338 e. The predicted molar refractivity (Wildman–Crippen MR) is 121 cm³/mol. The van der Waals surface area contributed by atoms with Crippen LogP contribution in [0.5, 0.6) is 0 Å². The molecule has 9 heteroatoms. The van der Waals surface area contributed by atoms with E-state index in [2.05, 4.69) is 20.8 Å². The monoisotopic (exact) mass is 469 g/mol. The van der Waals surface area contributed by atoms with E-state index in [4.69, 9.17) is 9.47 Å². The molecule has 2 saturated heterocycles. The van der Waals surface area contributed by atoms with Crippen LogP contribution in [0.3, 0.4) is 0 Å². The number of aliphatic hydroxyl groups excluding tert-OH is 1. The van der Waals surface area contributed by atoms with Gasteiger partial charge in [-0.15, -0.1) is 0 Å². The lowest BCUT2D eigenvalue weighted by Gasteiger charge is -2.26. The maximum absolute atomic E-state index is 13.1. The summed E-state index contributed by atoms with van der Waals surface area (Å²) >= 11 is 1.50. The molecule has 2 unspecified atom stereocenters. The number of cyclic esters (lactones) is 1. The Morgan fingerprint density at radius 3 is 2.38 bits per heavy atom. The Morgan fingerprint density at radius 1 is 1.25 bits per heavy atom. The van der Waals surface area contributed by atoms with Gasteiger partial charge in [-0.25, -0.2) is 4.79 Å². The third-order valence-electron chi connectivity index (χ3n) is 5.34. The second-order valence-electron chi connectivity index (χ2n) is 10.3. The lowest BCUT2D eigenvalue weighted by Crippen LogP contribution is -2.41. The molecule has 180 valence electrons. The molecule has 0 spiro atoms. The number of carbonyl (C=O) groups excluding carboxylic acids is 4. The second-order valence-corrected chi connectivity index (χ2v) is 11.2. The summed E-state index contributed by atoms with van der Waals surface area (Å²) in [6.45, 7) is 11.3. The van der Waals surface area contributed by atoms with Crippen molar-refractivity contribution in [3.05, 3.63) is 11.3 Å². The van der Waals surface area contributed by atoms with Gasteiger partial charge in [-0.05, 0) is 36.2 Å². The van der Waals surface area contributed by atoms with E-state index >= 15 is 0 Å². The molecule has 0 aromatic rings. The average Bonchev–Trinajstić information content (AvgIpc) is 3.01. The van der Waals surface area contributed by atoms with Crippen molar-refractivity contribution in [1.82, 2.24) is 4.90 Å². The van der Waals surface area contributed by atoms with E-state index in [9.17, 15) is 24.3 Å². The molecule has 2 amide bonds. The van der Waals surface area contributed by atoms with Gasteiger partial charge in [-0.3, -0.25) is 19.3 Å². The minimum Gasteiger partial charge on any atom is -0.511 e. The van der Waals surface area contributed by atoms with Crippen LogP contribution in [0.1, 0.15) is 67.2 Å². The van der Waals surface area contributed by atoms with Crippen LogP contribution in [-0.2, 0) is 28.7 Å². The highest BCUT2D eigenvalue weighted by molar-refractivity contribution is 7.98. The molecule has 32 heavy (non-hydrogen) atoms. The molecule has 2 aliphatic rings. The van der Waals surface area contributed by atoms with Gasteiger partial charge < -0.3 is 14.6 Å². The molecule has 2 rings (SSSR count). The van der Waals surface area contributed by atoms with Gasteiger partial charge in [-0.2, -0.15) is 11.8 Å². The summed E-state index contributed by atoms with van der Waals surface area (Å²) in [5, 5.41) is 10.6. The highest BCUT2D eigenvalue weighted by Gasteiger charge is 2.49. The van der Waals surface area contributed by atoms with E-state index < -0.39 is 52.8 Å². The van der Waals surface area contributed by atoms with Gasteiger partial charge >= 0.3 is 5.97 Å². The van der Waals surface area contributed by atoms with Crippen molar-refractivity contribution >= 4 is 35.3 Å². The van der Waals surface area contributed by atoms with E-state index in [0.717, 1.165) is 11.3 Å². The summed E-state index contributed by atoms with van der Waals surface area (Å²) in [6.07, 6.45) is 1.60. The number of likely N-dealkylation sites (tertiary alicyclic amines) is 1. The fraction of sp³-hybridized carbons (Fsp3) is 0.739. The molecule has 2 aliphatic heterocycles. The van der Waals surface area contributed by atoms with Crippen molar-refractivity contribution in [3.63, 3.8) is 0 Å². The number of rotatable bonds is 8. The number of aliphatic hydroxyl groups is 1. The van der Waals surface area contributed by atoms with Crippen LogP contribution in [0.4, 0.5) is 0 Å². The van der Waals surface area contributed by atoms with E-state index in [-0.39, 0.29) is 24.2 Å². The maximum atomic E-state index is 13.1. The Hall–Kier alpha value is -1.87. The third kappa shape index (κ3) is 6.34. The van der Waals surface area contributed by atoms with Crippen molar-refractivity contribution < 1.29 is 33.8 Å². The summed E-state index contributed by atoms with van der Waals surface area (Å²) in [5.41, 5.74) is -0.412. The SMILES string of the molecule is CSCCC1C(=O)/C(=C(/O)C[C@@H]2OC(C)(C)OC2=O)C(=O)N1C(=O)CC(C)CC(C)(C)C. The van der Waals surface area contributed by atoms with Crippen molar-refractivity contribution in [3.8, 4) is 0 Å². The number of nitrogens with zero attached hydrogens (tertiary/aromatic N) is 1. The quantitative estimate of drug-likeness (QED) is 0.249. The Labute approximate surface area is 194 Å². The third-order valence-corrected chi connectivity index (χ3v) is 5.99. The van der Waals surface area contributed by atoms with Crippen LogP contribution in [0.2, 0.25) is 0 Å². The Balaban J connectivity index is 2.27. The number of hydrogen-bond donors (Lipinski definition) is 1. The molecule has 8 nitrogen and oxygen atoms in total. The van der Waals surface area contributed by atoms with Crippen molar-refractivity contribution in [1.29, 1.82) is 0 Å². The number of amides is 2. The molecule has 3 atom stereocenters. The summed E-state index contributed by atoms with van der Waals surface area (Å²) in [5.74, 6) is -3.60. The van der Waals surface area contributed by atoms with E-state index in [1.54, 1.807) is 13.8 Å². The largest absolute Gasteiger partial charge is 0.511 e. The lowest BCUT2D eigenvalue weighted by atomic mass is 9.84. The van der Waals surface area contributed by atoms with Crippen LogP contribution in [0.15, 0.2) is 11.3 Å². The topological polar surface area (TPSA) is 110 Å². The molecule has 0 aromatic carbocycles. The molecular formula is C23H35NO7S. The normalized spacial score (nSPS) is 25.8. The first-order valence-corrected chi connectivity index (χ1v) is 12.3. The fourth-order valence-corrected chi connectivity index (χ4v) is 4.79. The molecule has 0 aliphatic carbocycles. The zero-order chi connectivity index (χ0) is 24.4. The number of ketones is 1. The van der Waals surface area contributed by atoms with Crippen LogP contribution in [-0.4, -0.2) is 63.5 Å². The van der Waals surface area contributed by atoms with Crippen LogP contribution in [0.25, 0.3) is 0 Å². The second kappa shape index (κ2) is 9.95. The Morgan fingerprint density at radius 2 is 1.88 bits per heavy atom. The van der Waals surface area contributed by atoms with Gasteiger partial charge in [0.1, 0.15) is 17.4 Å². The van der Waals surface area contributed by atoms with E-state index in [0.29, 0.717) is 12.2 Å². The standard InChI is InChI=1S/C23H35NO7S/c1-13(12-22(2,3)4)10-17(26)24-14(8-9-32-7)19(27)18(20(24)28)15(25)11-16-21(29)31-23(5,6)30-16/h13-14,16,25H,8-12H2,1-7H3/b18-15-/t13?,14?,16-/m0/s1. The molecule has 1 N–H and O–H groups in total. The molecule has 0 saturated carbocycles. The number of imide groups is 1. The number of Topliss-reactive ketones (excluding diaryl/α,β-unsaturated/α-hetero) is 1. The molecule has 2 heterocycles. The van der Waals surface area contributed by atoms with Gasteiger partial charge in [0.05, 0.1) is 0 Å². The lowest BCUT2D eigenvalue weighted by molar-refractivity contribution is -0.160. The minimum absolute atomic E-state index is 0.0236. The van der Waals surface area contributed by atoms with Crippen LogP contribution < -0.4 is 0 Å². The molecule has 0 bridgehead atoms. The van der Waals surface area contributed by atoms with Gasteiger partial charge in [0.2, 0.25) is 11.7 Å². The Kier molecular flexibility index (Phi) is 8.20. The van der Waals surface area contributed by atoms with E-state index in [1.165, 1.54) is 11.8 Å². The van der Waals surface area contributed by atoms with Gasteiger partial charge in [0.25, 0.3) is 5.91 Å². The first-order chi connectivity index (χ1) is 14.7. The number of thioether (sulfide) groups is 1. The molecule has 0 aromatic heterocycles. The smallest absolute Gasteiger partial charge is 0.338 e. The van der Waals surface area contributed by atoms with Crippen molar-refractivity contribution in [2.75, 3.05) is 12.0 Å². The van der Waals surface area contributed by atoms with Crippen molar-refractivity contribution in [2.24, 2.45) is 11.3 Å². The fourth-order valence-electron chi connectivity index (χ4n) is 4.33. The number of hydrogen-bond acceptors (Lipinski definition) is 8. The minimum atomic E-state index is -1.15. The summed E-state index contributed by atoms with van der Waals surface area (Å²) < 4.78 is 10.5. The predicted octanol–water partition coefficient (Wildman–Crippen LogP) is 3.39. The zero-order valence-electron chi connectivity index (χ0n) is 20.0. The number of ether oxygens (including phenoxy) is 2. The first-order valence-electron chi connectivity index (χ1n) is 10.9. The molecule has 0 radical (unpaired) electrons. The highest BCUT2D eigenvalue weighted by atomic mass is 32.2. The summed E-state index contributed by atoms with van der Waals surface area (Å²) in [6, 6.07) is -0.950. The van der Waals surface area contributed by atoms with Crippen molar-refractivity contribution in [2.45, 2.75) is 85.2 Å². The van der Waals surface area contributed by atoms with E-state index in [1.807, 2.05) is 13.2 Å². The van der Waals surface area contributed by atoms with Gasteiger partial charge in [0.15, 0.2) is 11.9 Å². The first kappa shape index (κ1) is 26.4. The Bertz CT molecular complexity index is 812. The van der Waals surface area contributed by atoms with Crippen LogP contribution >= 0.6 is 11.8 Å². The van der Waals surface area contributed by atoms with Gasteiger partial charge in [-0.1, -0.05) is 27.7 Å². The highest BCUT2D eigenvalue weighted by Crippen LogP contribution is 2.33. The number of esters is 1. The number of carbonyl (C=O) groups is 4. The summed E-state index contributed by atoms with van der Waals surface area (Å²) in [7, 11) is 0. The molecular weight excluding hydrogens is 434 g/mol. The average molecular weight is 470 g/mol.